The third kappa shape index (κ3) is 1.41. The molecule has 50 valence electrons. The minimum Gasteiger partial charge on any atom is -0.314 e. The van der Waals surface area contributed by atoms with Crippen molar-refractivity contribution in [2.45, 2.75) is 6.17 Å². The van der Waals surface area contributed by atoms with E-state index in [1.54, 1.807) is 0 Å². The second-order valence-corrected chi connectivity index (χ2v) is 2.64. The highest BCUT2D eigenvalue weighted by atomic mass is 28.1. The van der Waals surface area contributed by atoms with Crippen molar-refractivity contribution in [3.8, 4) is 5.50 Å². The Morgan fingerprint density at radius 1 is 1.89 bits per heavy atom. The lowest BCUT2D eigenvalue weighted by atomic mass is 10.1. The van der Waals surface area contributed by atoms with Crippen molar-refractivity contribution in [2.24, 2.45) is 11.7 Å². The molecule has 9 heavy (non-hydrogen) atoms. The molecule has 0 aromatic heterocycles. The van der Waals surface area contributed by atoms with Crippen molar-refractivity contribution in [1.82, 2.24) is 10.4 Å². The molecule has 0 radical (unpaired) electrons. The van der Waals surface area contributed by atoms with Gasteiger partial charge in [-0.2, -0.15) is 0 Å². The minimum absolute atomic E-state index is 0.0486. The Balaban J connectivity index is 2.50. The fourth-order valence-corrected chi connectivity index (χ4v) is 1.27. The van der Waals surface area contributed by atoms with Crippen LogP contribution in [0.2, 0.25) is 0 Å². The van der Waals surface area contributed by atoms with E-state index in [4.69, 9.17) is 5.73 Å². The second-order valence-electron chi connectivity index (χ2n) is 2.31. The van der Waals surface area contributed by atoms with E-state index in [0.29, 0.717) is 5.92 Å². The van der Waals surface area contributed by atoms with Gasteiger partial charge in [-0.25, -0.2) is 10.4 Å². The number of hydrogen-bond acceptors (Lipinski definition) is 3. The second kappa shape index (κ2) is 2.64. The molecule has 1 rings (SSSR count). The summed E-state index contributed by atoms with van der Waals surface area (Å²) in [6, 6.07) is 0. The quantitative estimate of drug-likeness (QED) is 0.391. The highest BCUT2D eigenvalue weighted by Crippen LogP contribution is 2.05. The fourth-order valence-electron chi connectivity index (χ4n) is 0.962. The third-order valence-electron chi connectivity index (χ3n) is 1.49. The van der Waals surface area contributed by atoms with Crippen LogP contribution < -0.4 is 11.2 Å². The molecular formula is C5H11N3Si. The fraction of sp³-hybridized carbons (Fsp3) is 0.800. The molecule has 3 N–H and O–H groups in total. The van der Waals surface area contributed by atoms with E-state index < -0.39 is 0 Å². The van der Waals surface area contributed by atoms with Gasteiger partial charge in [-0.15, -0.1) is 5.50 Å². The molecule has 1 fully saturated rings. The first-order valence-corrected chi connectivity index (χ1v) is 3.51. The predicted octanol–water partition coefficient (Wildman–Crippen LogP) is -1.80. The van der Waals surface area contributed by atoms with Gasteiger partial charge in [0, 0.05) is 13.6 Å². The van der Waals surface area contributed by atoms with Gasteiger partial charge in [0.15, 0.2) is 0 Å². The average Bonchev–Trinajstić information content (AvgIpc) is 2.10. The number of nitrogens with two attached hydrogens (primary N) is 1. The molecule has 1 heterocycles. The highest BCUT2D eigenvalue weighted by molar-refractivity contribution is 5.95. The van der Waals surface area contributed by atoms with Crippen LogP contribution in [0.25, 0.3) is 0 Å². The summed E-state index contributed by atoms with van der Waals surface area (Å²) in [6.07, 6.45) is 0.0486. The molecule has 0 saturated carbocycles. The van der Waals surface area contributed by atoms with Gasteiger partial charge >= 0.3 is 0 Å². The number of nitrogens with one attached hydrogen (secondary N) is 1. The molecule has 4 heteroatoms. The Hall–Kier alpha value is -0.123. The van der Waals surface area contributed by atoms with Crippen molar-refractivity contribution in [2.75, 3.05) is 13.6 Å². The Morgan fingerprint density at radius 3 is 2.78 bits per heavy atom. The molecule has 1 aliphatic heterocycles. The molecule has 1 saturated heterocycles. The Labute approximate surface area is 57.9 Å². The summed E-state index contributed by atoms with van der Waals surface area (Å²) >= 11 is 0. The molecule has 2 unspecified atom stereocenters. The van der Waals surface area contributed by atoms with Crippen LogP contribution in [-0.2, 0) is 0 Å². The van der Waals surface area contributed by atoms with E-state index in [1.165, 1.54) is 0 Å². The van der Waals surface area contributed by atoms with Crippen molar-refractivity contribution in [3.05, 3.63) is 0 Å². The summed E-state index contributed by atoms with van der Waals surface area (Å²) in [5.41, 5.74) is 11.7. The largest absolute Gasteiger partial charge is 0.314 e. The lowest BCUT2D eigenvalue weighted by molar-refractivity contribution is 0.293. The van der Waals surface area contributed by atoms with Crippen molar-refractivity contribution >= 4 is 9.68 Å². The molecule has 1 aliphatic rings. The Morgan fingerprint density at radius 2 is 2.56 bits per heavy atom. The maximum absolute atomic E-state index is 5.65. The number of hydrogen-bond donors (Lipinski definition) is 2. The third-order valence-corrected chi connectivity index (χ3v) is 1.92. The summed E-state index contributed by atoms with van der Waals surface area (Å²) in [5, 5.41) is 1.98. The molecule has 0 bridgehead atoms. The van der Waals surface area contributed by atoms with Crippen LogP contribution in [0.5, 0.6) is 0 Å². The van der Waals surface area contributed by atoms with E-state index in [1.807, 2.05) is 12.1 Å². The van der Waals surface area contributed by atoms with Gasteiger partial charge in [-0.05, 0) is 9.68 Å². The Kier molecular flexibility index (Phi) is 2.05. The van der Waals surface area contributed by atoms with Crippen LogP contribution >= 0.6 is 0 Å². The first kappa shape index (κ1) is 6.99. The van der Waals surface area contributed by atoms with Gasteiger partial charge in [0.1, 0.15) is 0 Å². The smallest absolute Gasteiger partial charge is 0.0827 e. The molecule has 0 spiro atoms. The molecule has 0 aromatic carbocycles. The highest BCUT2D eigenvalue weighted by Gasteiger charge is 2.24. The van der Waals surface area contributed by atoms with Gasteiger partial charge in [0.05, 0.1) is 12.1 Å². The summed E-state index contributed by atoms with van der Waals surface area (Å²) in [6.45, 7) is 0.949. The number of nitrogens with zero attached hydrogens (tertiary/aromatic N) is 1. The molecule has 0 aromatic rings. The van der Waals surface area contributed by atoms with Crippen molar-refractivity contribution in [1.29, 1.82) is 0 Å². The summed E-state index contributed by atoms with van der Waals surface area (Å²) in [7, 11) is 4.44. The molecular weight excluding hydrogens is 130 g/mol. The lowest BCUT2D eigenvalue weighted by Crippen LogP contribution is -2.39. The zero-order valence-corrected chi connectivity index (χ0v) is 6.62. The molecule has 3 nitrogen and oxygen atoms in total. The van der Waals surface area contributed by atoms with Crippen molar-refractivity contribution < 1.29 is 0 Å². The summed E-state index contributed by atoms with van der Waals surface area (Å²) < 4.78 is 0. The van der Waals surface area contributed by atoms with Crippen LogP contribution in [-0.4, -0.2) is 34.4 Å². The van der Waals surface area contributed by atoms with Gasteiger partial charge in [-0.3, -0.25) is 0 Å². The predicted molar refractivity (Wildman–Crippen MR) is 38.3 cm³/mol. The van der Waals surface area contributed by atoms with E-state index in [0.717, 1.165) is 6.54 Å². The zero-order valence-electron chi connectivity index (χ0n) is 5.46. The maximum Gasteiger partial charge on any atom is 0.0827 e. The van der Waals surface area contributed by atoms with Crippen LogP contribution in [0.1, 0.15) is 0 Å². The monoisotopic (exact) mass is 141 g/mol. The van der Waals surface area contributed by atoms with Gasteiger partial charge in [0.25, 0.3) is 0 Å². The van der Waals surface area contributed by atoms with E-state index in [9.17, 15) is 0 Å². The molecule has 0 amide bonds. The van der Waals surface area contributed by atoms with E-state index in [-0.39, 0.29) is 6.17 Å². The SMILES string of the molecule is CN1CC(C#[SiH])C(N)N1. The van der Waals surface area contributed by atoms with Crippen LogP contribution in [0, 0.1) is 11.4 Å². The maximum atomic E-state index is 5.65. The van der Waals surface area contributed by atoms with E-state index in [2.05, 4.69) is 20.6 Å². The van der Waals surface area contributed by atoms with Gasteiger partial charge in [-0.1, -0.05) is 0 Å². The van der Waals surface area contributed by atoms with Crippen LogP contribution in [0.15, 0.2) is 0 Å². The molecule has 2 atom stereocenters. The number of hydrazine groups is 1. The average molecular weight is 141 g/mol. The normalized spacial score (nSPS) is 36.6. The van der Waals surface area contributed by atoms with Gasteiger partial charge in [0.2, 0.25) is 0 Å². The van der Waals surface area contributed by atoms with E-state index >= 15 is 0 Å². The Bertz CT molecular complexity index is 142. The standard InChI is InChI=1S/C5H11N3Si/c1-8-2-4(3-9)5(6)7-8/h4-5,7,9H,2,6H2,1H3. The van der Waals surface area contributed by atoms with Crippen LogP contribution in [0.3, 0.4) is 0 Å². The minimum atomic E-state index is 0.0486. The van der Waals surface area contributed by atoms with Crippen LogP contribution in [0.4, 0.5) is 0 Å². The first-order valence-electron chi connectivity index (χ1n) is 2.93. The summed E-state index contributed by atoms with van der Waals surface area (Å²) in [5.74, 6) is 0.347. The molecule has 0 aliphatic carbocycles. The number of rotatable bonds is 0. The summed E-state index contributed by atoms with van der Waals surface area (Å²) in [4.78, 5) is 0. The zero-order chi connectivity index (χ0) is 6.85. The first-order chi connectivity index (χ1) is 4.24. The topological polar surface area (TPSA) is 41.3 Å². The van der Waals surface area contributed by atoms with Gasteiger partial charge < -0.3 is 5.73 Å². The van der Waals surface area contributed by atoms with Crippen molar-refractivity contribution in [3.63, 3.8) is 0 Å². The lowest BCUT2D eigenvalue weighted by Gasteiger charge is -2.07.